The van der Waals surface area contributed by atoms with Crippen molar-refractivity contribution in [1.29, 1.82) is 0 Å². The number of hydrogen-bond acceptors (Lipinski definition) is 2. The summed E-state index contributed by atoms with van der Waals surface area (Å²) in [5, 5.41) is 1.90. The van der Waals surface area contributed by atoms with Gasteiger partial charge in [-0.05, 0) is 57.3 Å². The largest absolute Gasteiger partial charge is 0.493 e. The topological polar surface area (TPSA) is 18.5 Å². The molecule has 5 heteroatoms. The minimum absolute atomic E-state index is 0.521. The molecule has 0 aromatic heterocycles. The second-order valence-electron chi connectivity index (χ2n) is 7.30. The Bertz CT molecular complexity index is 1070. The summed E-state index contributed by atoms with van der Waals surface area (Å²) in [7, 11) is 3.15. The predicted octanol–water partition coefficient (Wildman–Crippen LogP) is 6.18. The van der Waals surface area contributed by atoms with Crippen LogP contribution >= 0.6 is 0 Å². The summed E-state index contributed by atoms with van der Waals surface area (Å²) in [5.41, 5.74) is 2.35. The quantitative estimate of drug-likeness (QED) is 0.535. The van der Waals surface area contributed by atoms with Crippen LogP contribution in [0.5, 0.6) is 11.5 Å². The number of benzene rings is 3. The molecule has 1 aliphatic rings. The minimum atomic E-state index is -4.36. The van der Waals surface area contributed by atoms with E-state index in [1.54, 1.807) is 20.3 Å². The van der Waals surface area contributed by atoms with Gasteiger partial charge in [0.25, 0.3) is 0 Å². The zero-order valence-electron chi connectivity index (χ0n) is 15.5. The molecule has 0 atom stereocenters. The summed E-state index contributed by atoms with van der Waals surface area (Å²) < 4.78 is 50.5. The summed E-state index contributed by atoms with van der Waals surface area (Å²) in [5.74, 6) is 1.21. The van der Waals surface area contributed by atoms with Crippen LogP contribution in [-0.2, 0) is 11.6 Å². The molecule has 4 rings (SSSR count). The Morgan fingerprint density at radius 1 is 0.815 bits per heavy atom. The van der Waals surface area contributed by atoms with Crippen molar-refractivity contribution >= 4 is 10.8 Å². The minimum Gasteiger partial charge on any atom is -0.493 e. The smallest absolute Gasteiger partial charge is 0.416 e. The summed E-state index contributed by atoms with van der Waals surface area (Å²) >= 11 is 0. The first-order valence-corrected chi connectivity index (χ1v) is 8.60. The summed E-state index contributed by atoms with van der Waals surface area (Å²) in [6.45, 7) is 3.93. The molecule has 0 aliphatic heterocycles. The number of halogens is 3. The molecule has 0 saturated carbocycles. The lowest BCUT2D eigenvalue weighted by molar-refractivity contribution is -0.137. The number of alkyl halides is 3. The van der Waals surface area contributed by atoms with Crippen LogP contribution in [0.4, 0.5) is 13.2 Å². The van der Waals surface area contributed by atoms with Crippen LogP contribution in [0, 0.1) is 0 Å². The van der Waals surface area contributed by atoms with E-state index in [0.29, 0.717) is 17.1 Å². The van der Waals surface area contributed by atoms with E-state index in [4.69, 9.17) is 9.47 Å². The summed E-state index contributed by atoms with van der Waals surface area (Å²) in [6, 6.07) is 11.8. The molecule has 0 saturated heterocycles. The molecule has 0 radical (unpaired) electrons. The SMILES string of the molecule is COc1cc2ccc3c(c2cc1OC)-c1ccc(C(F)(F)F)cc1C3(C)C. The Morgan fingerprint density at radius 3 is 2.11 bits per heavy atom. The van der Waals surface area contributed by atoms with Crippen molar-refractivity contribution in [1.82, 2.24) is 0 Å². The lowest BCUT2D eigenvalue weighted by Crippen LogP contribution is -2.16. The zero-order valence-corrected chi connectivity index (χ0v) is 15.5. The Kier molecular flexibility index (Phi) is 3.71. The Hall–Kier alpha value is -2.69. The second kappa shape index (κ2) is 5.65. The molecule has 0 bridgehead atoms. The lowest BCUT2D eigenvalue weighted by Gasteiger charge is -2.22. The number of hydrogen-bond donors (Lipinski definition) is 0. The van der Waals surface area contributed by atoms with Crippen molar-refractivity contribution in [3.8, 4) is 22.6 Å². The van der Waals surface area contributed by atoms with Crippen molar-refractivity contribution in [2.24, 2.45) is 0 Å². The number of methoxy groups -OCH3 is 2. The third-order valence-electron chi connectivity index (χ3n) is 5.49. The summed E-state index contributed by atoms with van der Waals surface area (Å²) in [6.07, 6.45) is -4.36. The molecule has 0 spiro atoms. The maximum Gasteiger partial charge on any atom is 0.416 e. The highest BCUT2D eigenvalue weighted by molar-refractivity contribution is 6.03. The summed E-state index contributed by atoms with van der Waals surface area (Å²) in [4.78, 5) is 0. The maximum absolute atomic E-state index is 13.2. The van der Waals surface area contributed by atoms with Gasteiger partial charge in [-0.1, -0.05) is 32.0 Å². The number of ether oxygens (including phenoxy) is 2. The van der Waals surface area contributed by atoms with Gasteiger partial charge in [-0.25, -0.2) is 0 Å². The highest BCUT2D eigenvalue weighted by atomic mass is 19.4. The number of fused-ring (bicyclic) bond motifs is 5. The monoisotopic (exact) mass is 372 g/mol. The molecule has 140 valence electrons. The molecule has 2 nitrogen and oxygen atoms in total. The first-order valence-electron chi connectivity index (χ1n) is 8.60. The van der Waals surface area contributed by atoms with E-state index in [2.05, 4.69) is 0 Å². The fraction of sp³-hybridized carbons (Fsp3) is 0.273. The highest BCUT2D eigenvalue weighted by Crippen LogP contribution is 2.53. The average molecular weight is 372 g/mol. The van der Waals surface area contributed by atoms with Crippen LogP contribution in [-0.4, -0.2) is 14.2 Å². The van der Waals surface area contributed by atoms with E-state index >= 15 is 0 Å². The van der Waals surface area contributed by atoms with Gasteiger partial charge < -0.3 is 9.47 Å². The van der Waals surface area contributed by atoms with Crippen LogP contribution < -0.4 is 9.47 Å². The van der Waals surface area contributed by atoms with Crippen LogP contribution in [0.3, 0.4) is 0 Å². The molecular formula is C22H19F3O2. The van der Waals surface area contributed by atoms with Crippen molar-refractivity contribution < 1.29 is 22.6 Å². The van der Waals surface area contributed by atoms with E-state index < -0.39 is 17.2 Å². The second-order valence-corrected chi connectivity index (χ2v) is 7.30. The number of rotatable bonds is 2. The van der Waals surface area contributed by atoms with Gasteiger partial charge in [0.05, 0.1) is 19.8 Å². The van der Waals surface area contributed by atoms with Gasteiger partial charge in [-0.15, -0.1) is 0 Å². The fourth-order valence-electron chi connectivity index (χ4n) is 4.06. The molecule has 3 aromatic rings. The van der Waals surface area contributed by atoms with E-state index in [0.717, 1.165) is 33.5 Å². The zero-order chi connectivity index (χ0) is 19.6. The highest BCUT2D eigenvalue weighted by Gasteiger charge is 2.39. The normalized spacial score (nSPS) is 14.8. The van der Waals surface area contributed by atoms with Crippen molar-refractivity contribution in [2.45, 2.75) is 25.4 Å². The van der Waals surface area contributed by atoms with Gasteiger partial charge >= 0.3 is 6.18 Å². The van der Waals surface area contributed by atoms with Crippen LogP contribution in [0.15, 0.2) is 42.5 Å². The third-order valence-corrected chi connectivity index (χ3v) is 5.49. The average Bonchev–Trinajstić information content (AvgIpc) is 2.87. The van der Waals surface area contributed by atoms with Gasteiger partial charge in [-0.3, -0.25) is 0 Å². The lowest BCUT2D eigenvalue weighted by atomic mass is 9.81. The molecule has 27 heavy (non-hydrogen) atoms. The van der Waals surface area contributed by atoms with Crippen molar-refractivity contribution in [3.05, 3.63) is 59.2 Å². The van der Waals surface area contributed by atoms with Crippen LogP contribution in [0.2, 0.25) is 0 Å². The van der Waals surface area contributed by atoms with E-state index in [9.17, 15) is 13.2 Å². The maximum atomic E-state index is 13.2. The van der Waals surface area contributed by atoms with Crippen molar-refractivity contribution in [3.63, 3.8) is 0 Å². The van der Waals surface area contributed by atoms with Gasteiger partial charge in [0, 0.05) is 5.41 Å². The Morgan fingerprint density at radius 2 is 1.48 bits per heavy atom. The van der Waals surface area contributed by atoms with Crippen molar-refractivity contribution in [2.75, 3.05) is 14.2 Å². The first-order chi connectivity index (χ1) is 12.7. The molecule has 0 N–H and O–H groups in total. The van der Waals surface area contributed by atoms with Crippen LogP contribution in [0.1, 0.15) is 30.5 Å². The van der Waals surface area contributed by atoms with E-state index in [1.165, 1.54) is 6.07 Å². The van der Waals surface area contributed by atoms with Gasteiger partial charge in [0.1, 0.15) is 0 Å². The van der Waals surface area contributed by atoms with Crippen LogP contribution in [0.25, 0.3) is 21.9 Å². The Labute approximate surface area is 155 Å². The molecule has 1 aliphatic carbocycles. The molecule has 0 unspecified atom stereocenters. The molecule has 0 fully saturated rings. The third kappa shape index (κ3) is 2.48. The van der Waals surface area contributed by atoms with E-state index in [1.807, 2.05) is 38.1 Å². The predicted molar refractivity (Wildman–Crippen MR) is 99.6 cm³/mol. The van der Waals surface area contributed by atoms with Gasteiger partial charge in [0.15, 0.2) is 11.5 Å². The van der Waals surface area contributed by atoms with E-state index in [-0.39, 0.29) is 0 Å². The molecule has 3 aromatic carbocycles. The standard InChI is InChI=1S/C22H19F3O2/c1-21(2)16-8-5-12-9-18(26-3)19(27-4)11-15(12)20(16)14-7-6-13(10-17(14)21)22(23,24)25/h5-11H,1-4H3. The van der Waals surface area contributed by atoms with Gasteiger partial charge in [-0.2, -0.15) is 13.2 Å². The molecule has 0 heterocycles. The Balaban J connectivity index is 2.06. The fourth-order valence-corrected chi connectivity index (χ4v) is 4.06. The molecular weight excluding hydrogens is 353 g/mol. The first kappa shape index (κ1) is 17.7. The van der Waals surface area contributed by atoms with Gasteiger partial charge in [0.2, 0.25) is 0 Å². The molecule has 0 amide bonds.